The summed E-state index contributed by atoms with van der Waals surface area (Å²) < 4.78 is 0. The van der Waals surface area contributed by atoms with Crippen LogP contribution in [0.15, 0.2) is 30.5 Å². The number of fused-ring (bicyclic) bond motifs is 1. The minimum absolute atomic E-state index is 0.492. The van der Waals surface area contributed by atoms with Gasteiger partial charge in [0.25, 0.3) is 0 Å². The minimum Gasteiger partial charge on any atom is -0.350 e. The Balaban J connectivity index is 1.47. The number of benzene rings is 1. The zero-order valence-corrected chi connectivity index (χ0v) is 14.1. The molecule has 1 aromatic heterocycles. The summed E-state index contributed by atoms with van der Waals surface area (Å²) in [5.41, 5.74) is 2.84. The quantitative estimate of drug-likeness (QED) is 0.875. The fraction of sp³-hybridized carbons (Fsp3) is 0.526. The average molecular weight is 323 g/mol. The van der Waals surface area contributed by atoms with E-state index >= 15 is 0 Å². The molecule has 5 nitrogen and oxygen atoms in total. The second-order valence-corrected chi connectivity index (χ2v) is 6.91. The molecule has 1 aliphatic carbocycles. The molecule has 126 valence electrons. The van der Waals surface area contributed by atoms with Gasteiger partial charge in [-0.15, -0.1) is 5.10 Å². The summed E-state index contributed by atoms with van der Waals surface area (Å²) in [5, 5.41) is 11.9. The van der Waals surface area contributed by atoms with Crippen LogP contribution in [0, 0.1) is 0 Å². The summed E-state index contributed by atoms with van der Waals surface area (Å²) in [6, 6.07) is 9.16. The molecule has 1 fully saturated rings. The fourth-order valence-electron chi connectivity index (χ4n) is 3.81. The second-order valence-electron chi connectivity index (χ2n) is 6.91. The Morgan fingerprint density at radius 2 is 1.79 bits per heavy atom. The van der Waals surface area contributed by atoms with Crippen molar-refractivity contribution in [3.63, 3.8) is 0 Å². The first-order chi connectivity index (χ1) is 11.9. The van der Waals surface area contributed by atoms with Crippen molar-refractivity contribution >= 4 is 11.8 Å². The number of aromatic nitrogens is 3. The number of hydrogen-bond acceptors (Lipinski definition) is 5. The van der Waals surface area contributed by atoms with Crippen molar-refractivity contribution in [2.45, 2.75) is 57.5 Å². The predicted octanol–water partition coefficient (Wildman–Crippen LogP) is 3.57. The first-order valence-electron chi connectivity index (χ1n) is 9.16. The zero-order chi connectivity index (χ0) is 16.2. The summed E-state index contributed by atoms with van der Waals surface area (Å²) in [5.74, 6) is 1.61. The van der Waals surface area contributed by atoms with Gasteiger partial charge in [-0.25, -0.2) is 0 Å². The van der Waals surface area contributed by atoms with Gasteiger partial charge < -0.3 is 10.2 Å². The van der Waals surface area contributed by atoms with E-state index in [0.717, 1.165) is 25.3 Å². The Labute approximate surface area is 143 Å². The van der Waals surface area contributed by atoms with Crippen LogP contribution in [0.4, 0.5) is 11.8 Å². The van der Waals surface area contributed by atoms with Crippen LogP contribution >= 0.6 is 0 Å². The van der Waals surface area contributed by atoms with E-state index in [2.05, 4.69) is 44.7 Å². The van der Waals surface area contributed by atoms with Gasteiger partial charge >= 0.3 is 0 Å². The maximum Gasteiger partial charge on any atom is 0.244 e. The summed E-state index contributed by atoms with van der Waals surface area (Å²) in [4.78, 5) is 7.04. The van der Waals surface area contributed by atoms with Crippen molar-refractivity contribution in [1.29, 1.82) is 0 Å². The molecule has 5 heteroatoms. The number of hydrogen-bond donors (Lipinski definition) is 1. The number of nitrogens with one attached hydrogen (secondary N) is 1. The summed E-state index contributed by atoms with van der Waals surface area (Å²) >= 11 is 0. The van der Waals surface area contributed by atoms with E-state index in [1.807, 2.05) is 0 Å². The molecular formula is C19H25N5. The Morgan fingerprint density at radius 3 is 2.62 bits per heavy atom. The SMILES string of the molecule is c1ccc2c(c1)CCN(c1cnnc(NC3CCCCCC3)n1)C2. The maximum absolute atomic E-state index is 4.74. The van der Waals surface area contributed by atoms with E-state index in [1.54, 1.807) is 6.20 Å². The highest BCUT2D eigenvalue weighted by Gasteiger charge is 2.19. The predicted molar refractivity (Wildman–Crippen MR) is 96.1 cm³/mol. The van der Waals surface area contributed by atoms with Gasteiger partial charge in [0, 0.05) is 19.1 Å². The molecule has 0 saturated heterocycles. The van der Waals surface area contributed by atoms with Crippen molar-refractivity contribution in [3.8, 4) is 0 Å². The zero-order valence-electron chi connectivity index (χ0n) is 14.1. The molecule has 4 rings (SSSR count). The lowest BCUT2D eigenvalue weighted by Gasteiger charge is -2.29. The summed E-state index contributed by atoms with van der Waals surface area (Å²) in [7, 11) is 0. The molecule has 24 heavy (non-hydrogen) atoms. The molecule has 2 aliphatic rings. The first kappa shape index (κ1) is 15.4. The Morgan fingerprint density at radius 1 is 1.00 bits per heavy atom. The highest BCUT2D eigenvalue weighted by molar-refractivity contribution is 5.45. The largest absolute Gasteiger partial charge is 0.350 e. The monoisotopic (exact) mass is 323 g/mol. The van der Waals surface area contributed by atoms with Gasteiger partial charge in [-0.05, 0) is 30.4 Å². The smallest absolute Gasteiger partial charge is 0.244 e. The third-order valence-electron chi connectivity index (χ3n) is 5.19. The molecule has 1 saturated carbocycles. The van der Waals surface area contributed by atoms with Crippen molar-refractivity contribution in [1.82, 2.24) is 15.2 Å². The van der Waals surface area contributed by atoms with Gasteiger partial charge in [0.05, 0.1) is 6.20 Å². The number of nitrogens with zero attached hydrogens (tertiary/aromatic N) is 4. The second kappa shape index (κ2) is 7.16. The Kier molecular flexibility index (Phi) is 4.58. The average Bonchev–Trinajstić information content (AvgIpc) is 2.90. The van der Waals surface area contributed by atoms with Gasteiger partial charge in [-0.2, -0.15) is 10.1 Å². The van der Waals surface area contributed by atoms with Crippen LogP contribution in [0.1, 0.15) is 49.7 Å². The van der Waals surface area contributed by atoms with Gasteiger partial charge in [0.15, 0.2) is 5.82 Å². The lowest BCUT2D eigenvalue weighted by molar-refractivity contribution is 0.612. The van der Waals surface area contributed by atoms with E-state index in [0.29, 0.717) is 12.0 Å². The van der Waals surface area contributed by atoms with Crippen molar-refractivity contribution < 1.29 is 0 Å². The van der Waals surface area contributed by atoms with Crippen LogP contribution in [0.2, 0.25) is 0 Å². The van der Waals surface area contributed by atoms with E-state index in [9.17, 15) is 0 Å². The molecule has 0 radical (unpaired) electrons. The van der Waals surface area contributed by atoms with Crippen LogP contribution in [0.5, 0.6) is 0 Å². The highest BCUT2D eigenvalue weighted by atomic mass is 15.3. The van der Waals surface area contributed by atoms with Crippen LogP contribution in [0.25, 0.3) is 0 Å². The molecule has 0 bridgehead atoms. The highest BCUT2D eigenvalue weighted by Crippen LogP contribution is 2.24. The Hall–Kier alpha value is -2.17. The lowest BCUT2D eigenvalue weighted by atomic mass is 10.0. The normalized spacial score (nSPS) is 18.8. The molecule has 0 amide bonds. The summed E-state index contributed by atoms with van der Waals surface area (Å²) in [6.45, 7) is 1.89. The summed E-state index contributed by atoms with van der Waals surface area (Å²) in [6.07, 6.45) is 10.6. The van der Waals surface area contributed by atoms with Crippen LogP contribution < -0.4 is 10.2 Å². The van der Waals surface area contributed by atoms with Crippen LogP contribution in [-0.2, 0) is 13.0 Å². The molecule has 0 spiro atoms. The fourth-order valence-corrected chi connectivity index (χ4v) is 3.81. The topological polar surface area (TPSA) is 53.9 Å². The third kappa shape index (κ3) is 3.50. The molecule has 1 N–H and O–H groups in total. The standard InChI is InChI=1S/C19H25N5/c1-2-4-10-17(9-3-1)21-19-22-18(13-20-23-19)24-12-11-15-7-5-6-8-16(15)14-24/h5-8,13,17H,1-4,9-12,14H2,(H,21,22,23). The minimum atomic E-state index is 0.492. The van der Waals surface area contributed by atoms with Gasteiger partial charge in [0.1, 0.15) is 0 Å². The van der Waals surface area contributed by atoms with Gasteiger partial charge in [-0.1, -0.05) is 49.9 Å². The van der Waals surface area contributed by atoms with Crippen molar-refractivity contribution in [3.05, 3.63) is 41.6 Å². The first-order valence-corrected chi connectivity index (χ1v) is 9.16. The number of rotatable bonds is 3. The van der Waals surface area contributed by atoms with E-state index in [4.69, 9.17) is 4.98 Å². The van der Waals surface area contributed by atoms with Crippen molar-refractivity contribution in [2.24, 2.45) is 0 Å². The van der Waals surface area contributed by atoms with Crippen LogP contribution in [-0.4, -0.2) is 27.8 Å². The van der Waals surface area contributed by atoms with E-state index in [1.165, 1.54) is 49.7 Å². The molecule has 2 heterocycles. The maximum atomic E-state index is 4.74. The van der Waals surface area contributed by atoms with E-state index in [-0.39, 0.29) is 0 Å². The lowest BCUT2D eigenvalue weighted by Crippen LogP contribution is -2.31. The van der Waals surface area contributed by atoms with E-state index < -0.39 is 0 Å². The van der Waals surface area contributed by atoms with Gasteiger partial charge in [-0.3, -0.25) is 0 Å². The Bertz CT molecular complexity index is 679. The molecule has 0 unspecified atom stereocenters. The number of anilines is 2. The molecule has 0 atom stereocenters. The third-order valence-corrected chi connectivity index (χ3v) is 5.19. The molecule has 1 aliphatic heterocycles. The molecular weight excluding hydrogens is 298 g/mol. The molecule has 2 aromatic rings. The molecule has 1 aromatic carbocycles. The van der Waals surface area contributed by atoms with Crippen LogP contribution in [0.3, 0.4) is 0 Å². The van der Waals surface area contributed by atoms with Gasteiger partial charge in [0.2, 0.25) is 5.95 Å². The van der Waals surface area contributed by atoms with Crippen molar-refractivity contribution in [2.75, 3.05) is 16.8 Å².